The lowest BCUT2D eigenvalue weighted by Gasteiger charge is -2.10. The van der Waals surface area contributed by atoms with Crippen LogP contribution >= 0.6 is 0 Å². The summed E-state index contributed by atoms with van der Waals surface area (Å²) in [5.41, 5.74) is 6.80. The molecule has 0 aliphatic carbocycles. The molecule has 0 saturated carbocycles. The number of rotatable bonds is 5. The monoisotopic (exact) mass is 292 g/mol. The highest BCUT2D eigenvalue weighted by Crippen LogP contribution is 2.23. The van der Waals surface area contributed by atoms with Crippen LogP contribution in [0.2, 0.25) is 0 Å². The summed E-state index contributed by atoms with van der Waals surface area (Å²) in [6.07, 6.45) is 1.82. The van der Waals surface area contributed by atoms with Crippen LogP contribution in [0.5, 0.6) is 0 Å². The van der Waals surface area contributed by atoms with Crippen molar-refractivity contribution in [1.82, 2.24) is 9.71 Å². The van der Waals surface area contributed by atoms with Crippen molar-refractivity contribution in [2.24, 2.45) is 5.73 Å². The third-order valence-corrected chi connectivity index (χ3v) is 4.43. The molecule has 1 heterocycles. The molecule has 2 aromatic rings. The molecule has 1 aromatic heterocycles. The summed E-state index contributed by atoms with van der Waals surface area (Å²) >= 11 is 0. The van der Waals surface area contributed by atoms with E-state index in [0.717, 1.165) is 5.56 Å². The van der Waals surface area contributed by atoms with Gasteiger partial charge in [-0.05, 0) is 30.7 Å². The first kappa shape index (κ1) is 14.4. The highest BCUT2D eigenvalue weighted by atomic mass is 32.2. The first-order chi connectivity index (χ1) is 9.42. The van der Waals surface area contributed by atoms with Crippen LogP contribution in [0, 0.1) is 12.3 Å². The van der Waals surface area contributed by atoms with Crippen LogP contribution in [-0.4, -0.2) is 25.8 Å². The fourth-order valence-electron chi connectivity index (χ4n) is 1.92. The van der Waals surface area contributed by atoms with Crippen LogP contribution in [-0.2, 0) is 10.0 Å². The van der Waals surface area contributed by atoms with Gasteiger partial charge >= 0.3 is 0 Å². The molecule has 0 atom stereocenters. The molecule has 2 rings (SSSR count). The number of hydrogen-bond acceptors (Lipinski definition) is 4. The summed E-state index contributed by atoms with van der Waals surface area (Å²) in [5, 5.41) is 7.68. The van der Waals surface area contributed by atoms with Gasteiger partial charge in [-0.15, -0.1) is 0 Å². The number of aryl methyl sites for hydroxylation is 1. The maximum absolute atomic E-state index is 12.3. The average molecular weight is 292 g/mol. The predicted octanol–water partition coefficient (Wildman–Crippen LogP) is 1.15. The van der Waals surface area contributed by atoms with Crippen LogP contribution in [0.4, 0.5) is 0 Å². The minimum absolute atomic E-state index is 0.0527. The van der Waals surface area contributed by atoms with Crippen LogP contribution in [0.1, 0.15) is 12.0 Å². The Labute approximate surface area is 117 Å². The second-order valence-corrected chi connectivity index (χ2v) is 6.19. The number of nitrogens with two attached hydrogens (primary N) is 1. The lowest BCUT2D eigenvalue weighted by atomic mass is 10.1. The smallest absolute Gasteiger partial charge is 0.241 e. The molecular weight excluding hydrogens is 276 g/mol. The van der Waals surface area contributed by atoms with Crippen molar-refractivity contribution in [2.45, 2.75) is 18.2 Å². The number of benzene rings is 1. The number of aromatic nitrogens is 1. The van der Waals surface area contributed by atoms with Gasteiger partial charge in [0.1, 0.15) is 0 Å². The van der Waals surface area contributed by atoms with Gasteiger partial charge in [-0.25, -0.2) is 13.1 Å². The van der Waals surface area contributed by atoms with E-state index in [4.69, 9.17) is 11.1 Å². The van der Waals surface area contributed by atoms with Crippen LogP contribution < -0.4 is 10.5 Å². The summed E-state index contributed by atoms with van der Waals surface area (Å²) in [4.78, 5) is 4.41. The lowest BCUT2D eigenvalue weighted by Crippen LogP contribution is -2.28. The van der Waals surface area contributed by atoms with E-state index in [1.165, 1.54) is 0 Å². The minimum atomic E-state index is -3.64. The van der Waals surface area contributed by atoms with E-state index in [9.17, 15) is 8.42 Å². The Morgan fingerprint density at radius 2 is 2.15 bits per heavy atom. The largest absolute Gasteiger partial charge is 0.388 e. The van der Waals surface area contributed by atoms with Crippen LogP contribution in [0.25, 0.3) is 10.9 Å². The molecule has 4 N–H and O–H groups in total. The van der Waals surface area contributed by atoms with Gasteiger partial charge in [0.05, 0.1) is 16.2 Å². The number of nitrogens with zero attached hydrogens (tertiary/aromatic N) is 1. The van der Waals surface area contributed by atoms with Crippen molar-refractivity contribution in [3.8, 4) is 0 Å². The molecule has 0 bridgehead atoms. The van der Waals surface area contributed by atoms with Crippen molar-refractivity contribution in [3.05, 3.63) is 36.0 Å². The average Bonchev–Trinajstić information content (AvgIpc) is 2.38. The maximum atomic E-state index is 12.3. The molecule has 1 aromatic carbocycles. The first-order valence-corrected chi connectivity index (χ1v) is 7.57. The zero-order chi connectivity index (χ0) is 14.8. The van der Waals surface area contributed by atoms with E-state index in [1.807, 2.05) is 6.92 Å². The normalized spacial score (nSPS) is 11.7. The number of nitrogens with one attached hydrogen (secondary N) is 2. The predicted molar refractivity (Wildman–Crippen MR) is 78.2 cm³/mol. The summed E-state index contributed by atoms with van der Waals surface area (Å²) in [7, 11) is -3.64. The molecule has 0 amide bonds. The highest BCUT2D eigenvalue weighted by Gasteiger charge is 2.17. The third-order valence-electron chi connectivity index (χ3n) is 2.91. The van der Waals surface area contributed by atoms with E-state index in [1.54, 1.807) is 30.5 Å². The summed E-state index contributed by atoms with van der Waals surface area (Å²) in [6, 6.07) is 6.73. The van der Waals surface area contributed by atoms with Gasteiger partial charge in [0.25, 0.3) is 0 Å². The molecule has 0 spiro atoms. The van der Waals surface area contributed by atoms with Crippen LogP contribution in [0.15, 0.2) is 35.4 Å². The minimum Gasteiger partial charge on any atom is -0.388 e. The Balaban J connectivity index is 2.42. The van der Waals surface area contributed by atoms with E-state index < -0.39 is 10.0 Å². The molecule has 0 saturated heterocycles. The van der Waals surface area contributed by atoms with Gasteiger partial charge in [0, 0.05) is 24.5 Å². The standard InChI is InChI=1S/C13H16N4O2S/c1-9-4-5-11(10-3-2-7-16-13(9)10)20(18,19)17-8-6-12(14)15/h2-5,7,17H,6,8H2,1H3,(H3,14,15). The molecule has 6 nitrogen and oxygen atoms in total. The van der Waals surface area contributed by atoms with Gasteiger partial charge < -0.3 is 5.73 Å². The fraction of sp³-hybridized carbons (Fsp3) is 0.231. The second kappa shape index (κ2) is 5.56. The highest BCUT2D eigenvalue weighted by molar-refractivity contribution is 7.89. The van der Waals surface area contributed by atoms with E-state index >= 15 is 0 Å². The SMILES string of the molecule is Cc1ccc(S(=O)(=O)NCCC(=N)N)c2cccnc12. The van der Waals surface area contributed by atoms with E-state index in [2.05, 4.69) is 9.71 Å². The molecular formula is C13H16N4O2S. The number of fused-ring (bicyclic) bond motifs is 1. The van der Waals surface area contributed by atoms with Crippen molar-refractivity contribution >= 4 is 26.8 Å². The van der Waals surface area contributed by atoms with Crippen molar-refractivity contribution < 1.29 is 8.42 Å². The Morgan fingerprint density at radius 1 is 1.40 bits per heavy atom. The summed E-state index contributed by atoms with van der Waals surface area (Å²) < 4.78 is 27.0. The molecule has 0 aliphatic rings. The first-order valence-electron chi connectivity index (χ1n) is 6.09. The zero-order valence-corrected chi connectivity index (χ0v) is 11.9. The van der Waals surface area contributed by atoms with Gasteiger partial charge in [-0.1, -0.05) is 6.07 Å². The number of hydrogen-bond donors (Lipinski definition) is 3. The summed E-state index contributed by atoms with van der Waals surface area (Å²) in [6.45, 7) is 1.99. The molecule has 0 radical (unpaired) electrons. The van der Waals surface area contributed by atoms with Gasteiger partial charge in [-0.2, -0.15) is 0 Å². The second-order valence-electron chi connectivity index (χ2n) is 4.45. The van der Waals surface area contributed by atoms with Gasteiger partial charge in [0.2, 0.25) is 10.0 Å². The van der Waals surface area contributed by atoms with Crippen molar-refractivity contribution in [2.75, 3.05) is 6.54 Å². The van der Waals surface area contributed by atoms with E-state index in [0.29, 0.717) is 10.9 Å². The number of sulfonamides is 1. The molecule has 106 valence electrons. The van der Waals surface area contributed by atoms with Crippen molar-refractivity contribution in [3.63, 3.8) is 0 Å². The maximum Gasteiger partial charge on any atom is 0.241 e. The Morgan fingerprint density at radius 3 is 2.85 bits per heavy atom. The van der Waals surface area contributed by atoms with Gasteiger partial charge in [0.15, 0.2) is 0 Å². The molecule has 0 aliphatic heterocycles. The van der Waals surface area contributed by atoms with Crippen molar-refractivity contribution in [1.29, 1.82) is 5.41 Å². The van der Waals surface area contributed by atoms with Gasteiger partial charge in [-0.3, -0.25) is 10.4 Å². The third kappa shape index (κ3) is 2.94. The lowest BCUT2D eigenvalue weighted by molar-refractivity contribution is 0.583. The topological polar surface area (TPSA) is 109 Å². The fourth-order valence-corrected chi connectivity index (χ4v) is 3.15. The van der Waals surface area contributed by atoms with Crippen LogP contribution in [0.3, 0.4) is 0 Å². The molecule has 7 heteroatoms. The quantitative estimate of drug-likeness (QED) is 0.567. The summed E-state index contributed by atoms with van der Waals surface area (Å²) in [5.74, 6) is -0.0527. The Bertz CT molecular complexity index is 756. The number of amidine groups is 1. The van der Waals surface area contributed by atoms with E-state index in [-0.39, 0.29) is 23.7 Å². The Kier molecular flexibility index (Phi) is 4.01. The zero-order valence-electron chi connectivity index (χ0n) is 11.1. The molecule has 20 heavy (non-hydrogen) atoms. The number of pyridine rings is 1. The molecule has 0 fully saturated rings. The molecule has 0 unspecified atom stereocenters. The Hall–Kier alpha value is -1.99.